The van der Waals surface area contributed by atoms with Crippen molar-refractivity contribution in [2.24, 2.45) is 5.92 Å². The van der Waals surface area contributed by atoms with E-state index < -0.39 is 12.1 Å². The van der Waals surface area contributed by atoms with Crippen LogP contribution in [0.4, 0.5) is 13.2 Å². The number of piperidine rings is 1. The van der Waals surface area contributed by atoms with E-state index in [2.05, 4.69) is 9.88 Å². The zero-order chi connectivity index (χ0) is 20.9. The average molecular weight is 416 g/mol. The van der Waals surface area contributed by atoms with E-state index in [0.717, 1.165) is 37.5 Å². The van der Waals surface area contributed by atoms with Crippen LogP contribution in [0.2, 0.25) is 0 Å². The smallest absolute Gasteiger partial charge is 0.486 e. The molecule has 0 radical (unpaired) electrons. The van der Waals surface area contributed by atoms with Gasteiger partial charge in [-0.25, -0.2) is 4.79 Å². The van der Waals surface area contributed by atoms with E-state index >= 15 is 0 Å². The number of aromatic nitrogens is 1. The number of hydrogen-bond donors (Lipinski definition) is 1. The summed E-state index contributed by atoms with van der Waals surface area (Å²) in [6.07, 6.45) is 6.33. The lowest BCUT2D eigenvalue weighted by Gasteiger charge is -2.41. The molecular weight excluding hydrogens is 389 g/mol. The SMILES string of the molecule is O=C(O)C(F)(F)F.c1cncc(OC2COC3(CCN(CC4CCC4)CC3)C2)c1. The number of alkyl halides is 3. The van der Waals surface area contributed by atoms with Gasteiger partial charge in [-0.1, -0.05) is 6.42 Å². The summed E-state index contributed by atoms with van der Waals surface area (Å²) >= 11 is 0. The summed E-state index contributed by atoms with van der Waals surface area (Å²) in [6.45, 7) is 4.41. The second-order valence-electron chi connectivity index (χ2n) is 8.03. The van der Waals surface area contributed by atoms with Crippen molar-refractivity contribution in [2.75, 3.05) is 26.2 Å². The first-order valence-corrected chi connectivity index (χ1v) is 9.99. The number of carbonyl (C=O) groups is 1. The molecule has 0 amide bonds. The Kier molecular flexibility index (Phi) is 7.00. The Morgan fingerprint density at radius 1 is 1.34 bits per heavy atom. The summed E-state index contributed by atoms with van der Waals surface area (Å²) < 4.78 is 43.9. The van der Waals surface area contributed by atoms with Gasteiger partial charge in [-0.2, -0.15) is 13.2 Å². The van der Waals surface area contributed by atoms with Gasteiger partial charge in [-0.05, 0) is 43.7 Å². The normalized spacial score (nSPS) is 24.4. The molecule has 3 fully saturated rings. The quantitative estimate of drug-likeness (QED) is 0.810. The Labute approximate surface area is 168 Å². The summed E-state index contributed by atoms with van der Waals surface area (Å²) in [4.78, 5) is 15.7. The number of pyridine rings is 1. The molecule has 9 heteroatoms. The van der Waals surface area contributed by atoms with Crippen LogP contribution in [-0.2, 0) is 9.53 Å². The Balaban J connectivity index is 0.000000298. The van der Waals surface area contributed by atoms with Gasteiger partial charge in [-0.3, -0.25) is 4.98 Å². The van der Waals surface area contributed by atoms with Crippen LogP contribution in [0.25, 0.3) is 0 Å². The van der Waals surface area contributed by atoms with Crippen molar-refractivity contribution < 1.29 is 32.5 Å². The molecule has 2 aliphatic heterocycles. The van der Waals surface area contributed by atoms with Crippen LogP contribution < -0.4 is 4.74 Å². The predicted octanol–water partition coefficient (Wildman–Crippen LogP) is 3.52. The molecule has 4 rings (SSSR count). The maximum atomic E-state index is 10.6. The minimum absolute atomic E-state index is 0.0724. The Hall–Kier alpha value is -1.87. The van der Waals surface area contributed by atoms with Gasteiger partial charge in [0.2, 0.25) is 0 Å². The maximum Gasteiger partial charge on any atom is 0.490 e. The van der Waals surface area contributed by atoms with Gasteiger partial charge >= 0.3 is 12.1 Å². The molecule has 6 nitrogen and oxygen atoms in total. The van der Waals surface area contributed by atoms with Crippen LogP contribution in [0.5, 0.6) is 5.75 Å². The van der Waals surface area contributed by atoms with Crippen molar-refractivity contribution in [3.8, 4) is 5.75 Å². The molecule has 162 valence electrons. The number of carboxylic acid groups (broad SMARTS) is 1. The summed E-state index contributed by atoms with van der Waals surface area (Å²) in [6, 6.07) is 3.89. The first-order valence-electron chi connectivity index (χ1n) is 9.99. The van der Waals surface area contributed by atoms with Gasteiger partial charge in [-0.15, -0.1) is 0 Å². The maximum absolute atomic E-state index is 10.6. The van der Waals surface area contributed by atoms with Crippen LogP contribution in [0.1, 0.15) is 38.5 Å². The lowest BCUT2D eigenvalue weighted by molar-refractivity contribution is -0.192. The number of aliphatic carboxylic acids is 1. The topological polar surface area (TPSA) is 71.9 Å². The molecule has 1 aromatic heterocycles. The molecule has 1 N–H and O–H groups in total. The highest BCUT2D eigenvalue weighted by Crippen LogP contribution is 2.38. The summed E-state index contributed by atoms with van der Waals surface area (Å²) in [5.41, 5.74) is 0.0724. The highest BCUT2D eigenvalue weighted by molar-refractivity contribution is 5.73. The predicted molar refractivity (Wildman–Crippen MR) is 98.7 cm³/mol. The molecule has 1 aliphatic carbocycles. The van der Waals surface area contributed by atoms with Gasteiger partial charge < -0.3 is 19.5 Å². The highest BCUT2D eigenvalue weighted by Gasteiger charge is 2.44. The first kappa shape index (κ1) is 21.8. The van der Waals surface area contributed by atoms with Crippen molar-refractivity contribution in [1.82, 2.24) is 9.88 Å². The summed E-state index contributed by atoms with van der Waals surface area (Å²) in [5.74, 6) is -0.928. The fourth-order valence-electron chi connectivity index (χ4n) is 4.02. The molecule has 0 bridgehead atoms. The minimum atomic E-state index is -5.08. The molecule has 0 aromatic carbocycles. The number of nitrogens with zero attached hydrogens (tertiary/aromatic N) is 2. The molecular formula is C20H27F3N2O4. The lowest BCUT2D eigenvalue weighted by atomic mass is 9.83. The second-order valence-corrected chi connectivity index (χ2v) is 8.03. The molecule has 1 spiro atoms. The van der Waals surface area contributed by atoms with E-state index in [1.54, 1.807) is 12.4 Å². The number of rotatable bonds is 4. The van der Waals surface area contributed by atoms with Crippen molar-refractivity contribution >= 4 is 5.97 Å². The highest BCUT2D eigenvalue weighted by atomic mass is 19.4. The van der Waals surface area contributed by atoms with Crippen LogP contribution in [0.15, 0.2) is 24.5 Å². The standard InChI is InChI=1S/C18H26N2O2.C2HF3O2/c1-3-15(4-1)13-20-9-6-18(7-10-20)11-17(14-21-18)22-16-5-2-8-19-12-16;3-2(4,5)1(6)7/h2,5,8,12,15,17H,1,3-4,6-7,9-11,13-14H2;(H,6,7). The third kappa shape index (κ3) is 6.30. The van der Waals surface area contributed by atoms with E-state index in [9.17, 15) is 13.2 Å². The number of ether oxygens (including phenoxy) is 2. The van der Waals surface area contributed by atoms with Gasteiger partial charge in [0.25, 0.3) is 0 Å². The van der Waals surface area contributed by atoms with Crippen LogP contribution in [0, 0.1) is 5.92 Å². The summed E-state index contributed by atoms with van der Waals surface area (Å²) in [7, 11) is 0. The van der Waals surface area contributed by atoms with E-state index in [1.807, 2.05) is 12.1 Å². The molecule has 1 saturated carbocycles. The van der Waals surface area contributed by atoms with E-state index in [0.29, 0.717) is 0 Å². The van der Waals surface area contributed by atoms with Crippen molar-refractivity contribution in [1.29, 1.82) is 0 Å². The third-order valence-electron chi connectivity index (χ3n) is 5.86. The Morgan fingerprint density at radius 2 is 2.03 bits per heavy atom. The molecule has 1 atom stereocenters. The molecule has 29 heavy (non-hydrogen) atoms. The minimum Gasteiger partial charge on any atom is -0.486 e. The Bertz CT molecular complexity index is 659. The van der Waals surface area contributed by atoms with E-state index in [-0.39, 0.29) is 11.7 Å². The van der Waals surface area contributed by atoms with Crippen molar-refractivity contribution in [3.05, 3.63) is 24.5 Å². The van der Waals surface area contributed by atoms with Crippen molar-refractivity contribution in [2.45, 2.75) is 56.4 Å². The zero-order valence-electron chi connectivity index (χ0n) is 16.2. The van der Waals surface area contributed by atoms with Gasteiger partial charge in [0.05, 0.1) is 18.4 Å². The number of halogens is 3. The van der Waals surface area contributed by atoms with Crippen LogP contribution in [0.3, 0.4) is 0 Å². The molecule has 1 aromatic rings. The molecule has 3 heterocycles. The zero-order valence-corrected chi connectivity index (χ0v) is 16.2. The van der Waals surface area contributed by atoms with Gasteiger partial charge in [0.1, 0.15) is 11.9 Å². The van der Waals surface area contributed by atoms with Gasteiger partial charge in [0.15, 0.2) is 0 Å². The third-order valence-corrected chi connectivity index (χ3v) is 5.86. The van der Waals surface area contributed by atoms with Crippen LogP contribution >= 0.6 is 0 Å². The van der Waals surface area contributed by atoms with E-state index in [4.69, 9.17) is 19.4 Å². The molecule has 2 saturated heterocycles. The van der Waals surface area contributed by atoms with Gasteiger partial charge in [0, 0.05) is 32.3 Å². The molecule has 3 aliphatic rings. The Morgan fingerprint density at radius 3 is 2.55 bits per heavy atom. The van der Waals surface area contributed by atoms with Crippen molar-refractivity contribution in [3.63, 3.8) is 0 Å². The fraction of sp³-hybridized carbons (Fsp3) is 0.700. The monoisotopic (exact) mass is 416 g/mol. The van der Waals surface area contributed by atoms with Crippen LogP contribution in [-0.4, -0.2) is 65.1 Å². The largest absolute Gasteiger partial charge is 0.490 e. The fourth-order valence-corrected chi connectivity index (χ4v) is 4.02. The number of likely N-dealkylation sites (tertiary alicyclic amines) is 1. The lowest BCUT2D eigenvalue weighted by Crippen LogP contribution is -2.46. The number of hydrogen-bond acceptors (Lipinski definition) is 5. The first-order chi connectivity index (χ1) is 13.8. The van der Waals surface area contributed by atoms with E-state index in [1.165, 1.54) is 38.9 Å². The number of carboxylic acids is 1. The second kappa shape index (κ2) is 9.30. The average Bonchev–Trinajstić information content (AvgIpc) is 3.03. The summed E-state index contributed by atoms with van der Waals surface area (Å²) in [5, 5.41) is 7.12. The molecule has 1 unspecified atom stereocenters.